The topological polar surface area (TPSA) is 48.5 Å². The van der Waals surface area contributed by atoms with Gasteiger partial charge in [0.25, 0.3) is 0 Å². The lowest BCUT2D eigenvalue weighted by atomic mass is 9.96. The van der Waals surface area contributed by atoms with Crippen molar-refractivity contribution in [2.75, 3.05) is 0 Å². The van der Waals surface area contributed by atoms with Gasteiger partial charge < -0.3 is 9.13 Å². The van der Waals surface area contributed by atoms with Crippen LogP contribution in [-0.4, -0.2) is 24.1 Å². The molecule has 0 fully saturated rings. The number of alkyl halides is 3. The van der Waals surface area contributed by atoms with Gasteiger partial charge in [-0.3, -0.25) is 0 Å². The summed E-state index contributed by atoms with van der Waals surface area (Å²) in [6, 6.07) is 58.4. The van der Waals surface area contributed by atoms with Crippen LogP contribution in [0.1, 0.15) is 16.7 Å². The van der Waals surface area contributed by atoms with Gasteiger partial charge in [-0.1, -0.05) is 126 Å². The highest BCUT2D eigenvalue weighted by atomic mass is 19.4. The fourth-order valence-electron chi connectivity index (χ4n) is 8.84. The minimum absolute atomic E-state index is 0.399. The normalized spacial score (nSPS) is 12.0. The van der Waals surface area contributed by atoms with Crippen LogP contribution in [0.3, 0.4) is 0 Å². The minimum atomic E-state index is -4.59. The Hall–Kier alpha value is -7.84. The lowest BCUT2D eigenvalue weighted by Crippen LogP contribution is -2.08. The Balaban J connectivity index is 1.26. The molecule has 0 aliphatic rings. The highest BCUT2D eigenvalue weighted by Gasteiger charge is 2.32. The maximum absolute atomic E-state index is 14.9. The van der Waals surface area contributed by atoms with E-state index in [0.29, 0.717) is 39.9 Å². The van der Waals surface area contributed by atoms with Gasteiger partial charge in [-0.15, -0.1) is 0 Å². The van der Waals surface area contributed by atoms with E-state index in [1.165, 1.54) is 12.1 Å². The highest BCUT2D eigenvalue weighted by Crippen LogP contribution is 2.44. The van der Waals surface area contributed by atoms with Crippen LogP contribution in [0.25, 0.3) is 100 Å². The molecule has 62 heavy (non-hydrogen) atoms. The van der Waals surface area contributed by atoms with Crippen molar-refractivity contribution in [1.29, 1.82) is 0 Å². The quantitative estimate of drug-likeness (QED) is 0.168. The van der Waals surface area contributed by atoms with E-state index < -0.39 is 11.7 Å². The van der Waals surface area contributed by atoms with E-state index in [1.54, 1.807) is 6.07 Å². The van der Waals surface area contributed by atoms with Gasteiger partial charge in [-0.2, -0.15) is 13.2 Å². The largest absolute Gasteiger partial charge is 0.416 e. The van der Waals surface area contributed by atoms with E-state index >= 15 is 0 Å². The van der Waals surface area contributed by atoms with Crippen molar-refractivity contribution in [1.82, 2.24) is 24.1 Å². The van der Waals surface area contributed by atoms with Crippen LogP contribution in [0, 0.1) is 13.8 Å². The van der Waals surface area contributed by atoms with Crippen LogP contribution < -0.4 is 0 Å². The summed E-state index contributed by atoms with van der Waals surface area (Å²) in [4.78, 5) is 15.0. The second-order valence-corrected chi connectivity index (χ2v) is 15.7. The van der Waals surface area contributed by atoms with Crippen LogP contribution in [0.2, 0.25) is 0 Å². The third-order valence-electron chi connectivity index (χ3n) is 11.7. The summed E-state index contributed by atoms with van der Waals surface area (Å²) in [5.74, 6) is 1.45. The maximum Gasteiger partial charge on any atom is 0.416 e. The molecular weight excluding hydrogens is 776 g/mol. The second kappa shape index (κ2) is 14.4. The van der Waals surface area contributed by atoms with Crippen LogP contribution >= 0.6 is 0 Å². The predicted molar refractivity (Wildman–Crippen MR) is 245 cm³/mol. The van der Waals surface area contributed by atoms with Gasteiger partial charge in [0.1, 0.15) is 0 Å². The van der Waals surface area contributed by atoms with Gasteiger partial charge in [-0.05, 0) is 80.6 Å². The maximum atomic E-state index is 14.9. The van der Waals surface area contributed by atoms with Crippen LogP contribution in [0.15, 0.2) is 182 Å². The molecule has 11 rings (SSSR count). The number of fused-ring (bicyclic) bond motifs is 6. The molecule has 3 aromatic heterocycles. The Bertz CT molecular complexity index is 3470. The number of halogens is 3. The number of hydrogen-bond donors (Lipinski definition) is 0. The summed E-state index contributed by atoms with van der Waals surface area (Å²) in [6.07, 6.45) is -4.59. The summed E-state index contributed by atoms with van der Waals surface area (Å²) < 4.78 is 48.9. The molecule has 0 atom stereocenters. The molecule has 8 aromatic carbocycles. The fourth-order valence-corrected chi connectivity index (χ4v) is 8.84. The molecule has 0 spiro atoms. The van der Waals surface area contributed by atoms with Crippen molar-refractivity contribution >= 4 is 43.6 Å². The Morgan fingerprint density at radius 3 is 1.37 bits per heavy atom. The summed E-state index contributed by atoms with van der Waals surface area (Å²) in [7, 11) is 0. The molecule has 0 N–H and O–H groups in total. The Morgan fingerprint density at radius 2 is 0.839 bits per heavy atom. The first-order valence-electron chi connectivity index (χ1n) is 20.4. The molecule has 298 valence electrons. The monoisotopic (exact) mass is 811 g/mol. The van der Waals surface area contributed by atoms with Gasteiger partial charge >= 0.3 is 6.18 Å². The number of aromatic nitrogens is 5. The van der Waals surface area contributed by atoms with E-state index in [2.05, 4.69) is 47.9 Å². The molecule has 0 amide bonds. The zero-order chi connectivity index (χ0) is 42.1. The molecule has 0 saturated heterocycles. The van der Waals surface area contributed by atoms with E-state index in [4.69, 9.17) is 15.0 Å². The van der Waals surface area contributed by atoms with E-state index in [9.17, 15) is 13.2 Å². The van der Waals surface area contributed by atoms with Crippen molar-refractivity contribution in [2.45, 2.75) is 20.0 Å². The first kappa shape index (κ1) is 37.2. The SMILES string of the molecule is Cc1ccc2c(c1)c1ccccc1n2-c1ccc(-c2nc(-c3ccccc3)nc(-c3ccccc3)n2)cc1-c1ccc(C(F)(F)F)cc1-n1c2ccccc2c2cc(C)ccc21. The summed E-state index contributed by atoms with van der Waals surface area (Å²) in [6.45, 7) is 4.11. The highest BCUT2D eigenvalue weighted by molar-refractivity contribution is 6.12. The molecular formula is C54H36F3N5. The molecule has 0 bridgehead atoms. The number of nitrogens with zero attached hydrogens (tertiary/aromatic N) is 5. The van der Waals surface area contributed by atoms with Gasteiger partial charge in [0.05, 0.1) is 39.0 Å². The number of benzene rings is 8. The van der Waals surface area contributed by atoms with Crippen molar-refractivity contribution in [2.24, 2.45) is 0 Å². The third-order valence-corrected chi connectivity index (χ3v) is 11.7. The zero-order valence-corrected chi connectivity index (χ0v) is 33.7. The van der Waals surface area contributed by atoms with Crippen LogP contribution in [0.5, 0.6) is 0 Å². The van der Waals surface area contributed by atoms with Crippen molar-refractivity contribution < 1.29 is 13.2 Å². The zero-order valence-electron chi connectivity index (χ0n) is 33.7. The van der Waals surface area contributed by atoms with Crippen molar-refractivity contribution in [3.05, 3.63) is 199 Å². The summed E-state index contributed by atoms with van der Waals surface area (Å²) in [5.41, 5.74) is 9.85. The molecule has 8 heteroatoms. The molecule has 11 aromatic rings. The van der Waals surface area contributed by atoms with Crippen molar-refractivity contribution in [3.8, 4) is 56.7 Å². The Kier molecular flexibility index (Phi) is 8.65. The van der Waals surface area contributed by atoms with E-state index in [1.807, 2.05) is 139 Å². The van der Waals surface area contributed by atoms with Crippen LogP contribution in [0.4, 0.5) is 13.2 Å². The predicted octanol–water partition coefficient (Wildman–Crippen LogP) is 14.4. The molecule has 3 heterocycles. The molecule has 0 unspecified atom stereocenters. The Morgan fingerprint density at radius 1 is 0.371 bits per heavy atom. The number of para-hydroxylation sites is 2. The van der Waals surface area contributed by atoms with Crippen molar-refractivity contribution in [3.63, 3.8) is 0 Å². The van der Waals surface area contributed by atoms with Gasteiger partial charge in [0.15, 0.2) is 17.5 Å². The second-order valence-electron chi connectivity index (χ2n) is 15.7. The number of hydrogen-bond acceptors (Lipinski definition) is 3. The third kappa shape index (κ3) is 6.22. The summed E-state index contributed by atoms with van der Waals surface area (Å²) in [5, 5.41) is 4.07. The number of aryl methyl sites for hydroxylation is 2. The molecule has 0 aliphatic carbocycles. The van der Waals surface area contributed by atoms with Gasteiger partial charge in [0.2, 0.25) is 0 Å². The summed E-state index contributed by atoms with van der Waals surface area (Å²) >= 11 is 0. The van der Waals surface area contributed by atoms with Crippen LogP contribution in [-0.2, 0) is 6.18 Å². The first-order valence-corrected chi connectivity index (χ1v) is 20.4. The molecule has 0 radical (unpaired) electrons. The smallest absolute Gasteiger partial charge is 0.309 e. The van der Waals surface area contributed by atoms with E-state index in [0.717, 1.165) is 71.6 Å². The fraction of sp³-hybridized carbons (Fsp3) is 0.0556. The molecule has 0 aliphatic heterocycles. The van der Waals surface area contributed by atoms with Gasteiger partial charge in [-0.25, -0.2) is 15.0 Å². The molecule has 5 nitrogen and oxygen atoms in total. The standard InChI is InChI=1S/C54H36F3N5/c1-33-21-26-47-42(29-33)39-17-9-11-19-45(39)61(47)49-28-23-37(53-59-51(35-13-5-3-6-14-35)58-52(60-53)36-15-7-4-8-16-36)31-44(49)41-25-24-38(54(55,56)57)32-50(41)62-46-20-12-10-18-40(46)43-30-34(2)22-27-48(43)62/h3-32H,1-2H3. The van der Waals surface area contributed by atoms with E-state index in [-0.39, 0.29) is 0 Å². The average molecular weight is 812 g/mol. The molecule has 0 saturated carbocycles. The Labute approximate surface area is 355 Å². The lowest BCUT2D eigenvalue weighted by Gasteiger charge is -2.21. The lowest BCUT2D eigenvalue weighted by molar-refractivity contribution is -0.137. The average Bonchev–Trinajstić information content (AvgIpc) is 3.80. The number of rotatable bonds is 6. The minimum Gasteiger partial charge on any atom is -0.309 e. The first-order chi connectivity index (χ1) is 30.2. The van der Waals surface area contributed by atoms with Gasteiger partial charge in [0, 0.05) is 49.4 Å².